The largest absolute Gasteiger partial charge is 0.496 e. The summed E-state index contributed by atoms with van der Waals surface area (Å²) in [6.07, 6.45) is 0. The molecule has 29 heavy (non-hydrogen) atoms. The van der Waals surface area contributed by atoms with E-state index in [2.05, 4.69) is 5.32 Å². The first-order valence-electron chi connectivity index (χ1n) is 7.93. The molecular weight excluding hydrogens is 417 g/mol. The number of anilines is 1. The molecule has 0 heterocycles. The molecule has 154 valence electrons. The van der Waals surface area contributed by atoms with E-state index in [0.717, 1.165) is 6.07 Å². The van der Waals surface area contributed by atoms with Gasteiger partial charge in [0.05, 0.1) is 19.3 Å². The molecule has 0 spiro atoms. The minimum Gasteiger partial charge on any atom is -0.496 e. The van der Waals surface area contributed by atoms with Crippen molar-refractivity contribution >= 4 is 35.1 Å². The third-order valence-corrected chi connectivity index (χ3v) is 3.71. The topological polar surface area (TPSA) is 93.7 Å². The van der Waals surface area contributed by atoms with Crippen molar-refractivity contribution in [2.45, 2.75) is 0 Å². The maximum atomic E-state index is 13.5. The Morgan fingerprint density at radius 1 is 1.03 bits per heavy atom. The van der Waals surface area contributed by atoms with Crippen molar-refractivity contribution < 1.29 is 37.0 Å². The number of esters is 1. The SMILES string of the molecule is COc1ccc(Cl)cc1C(=O)OCC(=O)NCC(=O)Nc1ccc(F)c(F)c1F. The highest BCUT2D eigenvalue weighted by molar-refractivity contribution is 6.31. The summed E-state index contributed by atoms with van der Waals surface area (Å²) in [4.78, 5) is 35.4. The summed E-state index contributed by atoms with van der Waals surface area (Å²) >= 11 is 5.80. The molecule has 0 aliphatic heterocycles. The second kappa shape index (κ2) is 9.78. The van der Waals surface area contributed by atoms with Crippen LogP contribution in [0.25, 0.3) is 0 Å². The lowest BCUT2D eigenvalue weighted by molar-refractivity contribution is -0.126. The van der Waals surface area contributed by atoms with Gasteiger partial charge in [-0.3, -0.25) is 9.59 Å². The van der Waals surface area contributed by atoms with Crippen LogP contribution >= 0.6 is 11.6 Å². The molecule has 2 aromatic carbocycles. The van der Waals surface area contributed by atoms with Gasteiger partial charge in [-0.15, -0.1) is 0 Å². The number of methoxy groups -OCH3 is 1. The average Bonchev–Trinajstić information content (AvgIpc) is 2.70. The minimum absolute atomic E-state index is 0.000597. The van der Waals surface area contributed by atoms with E-state index in [1.54, 1.807) is 0 Å². The van der Waals surface area contributed by atoms with Crippen LogP contribution in [0.4, 0.5) is 18.9 Å². The van der Waals surface area contributed by atoms with Gasteiger partial charge in [0.25, 0.3) is 5.91 Å². The molecule has 0 radical (unpaired) electrons. The number of benzene rings is 2. The van der Waals surface area contributed by atoms with Gasteiger partial charge in [-0.2, -0.15) is 0 Å². The summed E-state index contributed by atoms with van der Waals surface area (Å²) in [5.41, 5.74) is -0.595. The number of amides is 2. The average molecular weight is 431 g/mol. The Kier molecular flexibility index (Phi) is 7.43. The van der Waals surface area contributed by atoms with Gasteiger partial charge < -0.3 is 20.1 Å². The summed E-state index contributed by atoms with van der Waals surface area (Å²) < 4.78 is 49.3. The Hall–Kier alpha value is -3.27. The highest BCUT2D eigenvalue weighted by Crippen LogP contribution is 2.23. The Labute approximate surface area is 167 Å². The lowest BCUT2D eigenvalue weighted by Gasteiger charge is -2.10. The second-order valence-electron chi connectivity index (χ2n) is 5.47. The molecule has 11 heteroatoms. The predicted molar refractivity (Wildman–Crippen MR) is 96.2 cm³/mol. The second-order valence-corrected chi connectivity index (χ2v) is 5.90. The smallest absolute Gasteiger partial charge is 0.342 e. The molecule has 0 saturated heterocycles. The third kappa shape index (κ3) is 5.85. The number of ether oxygens (including phenoxy) is 2. The van der Waals surface area contributed by atoms with Crippen LogP contribution in [0.1, 0.15) is 10.4 Å². The van der Waals surface area contributed by atoms with E-state index < -0.39 is 54.1 Å². The summed E-state index contributed by atoms with van der Waals surface area (Å²) in [6, 6.07) is 5.70. The summed E-state index contributed by atoms with van der Waals surface area (Å²) in [6.45, 7) is -1.35. The molecule has 7 nitrogen and oxygen atoms in total. The molecular formula is C18H14ClF3N2O5. The lowest BCUT2D eigenvalue weighted by atomic mass is 10.2. The fourth-order valence-electron chi connectivity index (χ4n) is 2.10. The van der Waals surface area contributed by atoms with Crippen LogP contribution in [0, 0.1) is 17.5 Å². The maximum absolute atomic E-state index is 13.5. The minimum atomic E-state index is -1.74. The number of carbonyl (C=O) groups is 3. The van der Waals surface area contributed by atoms with E-state index in [1.807, 2.05) is 5.32 Å². The molecule has 0 fully saturated rings. The van der Waals surface area contributed by atoms with Gasteiger partial charge in [0.2, 0.25) is 5.91 Å². The first-order valence-corrected chi connectivity index (χ1v) is 8.31. The van der Waals surface area contributed by atoms with Crippen molar-refractivity contribution in [3.8, 4) is 5.75 Å². The van der Waals surface area contributed by atoms with Crippen LogP contribution in [-0.4, -0.2) is 38.0 Å². The van der Waals surface area contributed by atoms with Crippen molar-refractivity contribution in [2.75, 3.05) is 25.6 Å². The van der Waals surface area contributed by atoms with Crippen molar-refractivity contribution in [3.63, 3.8) is 0 Å². The fourth-order valence-corrected chi connectivity index (χ4v) is 2.27. The third-order valence-electron chi connectivity index (χ3n) is 3.47. The quantitative estimate of drug-likeness (QED) is 0.520. The van der Waals surface area contributed by atoms with E-state index >= 15 is 0 Å². The van der Waals surface area contributed by atoms with Gasteiger partial charge in [0.15, 0.2) is 24.1 Å². The van der Waals surface area contributed by atoms with Crippen molar-refractivity contribution in [2.24, 2.45) is 0 Å². The van der Waals surface area contributed by atoms with Gasteiger partial charge in [0, 0.05) is 5.02 Å². The molecule has 0 saturated carbocycles. The Balaban J connectivity index is 1.84. The van der Waals surface area contributed by atoms with Crippen LogP contribution in [0.15, 0.2) is 30.3 Å². The monoisotopic (exact) mass is 430 g/mol. The van der Waals surface area contributed by atoms with Crippen LogP contribution in [-0.2, 0) is 14.3 Å². The van der Waals surface area contributed by atoms with Crippen LogP contribution in [0.5, 0.6) is 5.75 Å². The maximum Gasteiger partial charge on any atom is 0.342 e. The molecule has 2 N–H and O–H groups in total. The first-order chi connectivity index (χ1) is 13.7. The zero-order valence-electron chi connectivity index (χ0n) is 14.9. The Bertz CT molecular complexity index is 955. The van der Waals surface area contributed by atoms with E-state index in [-0.39, 0.29) is 16.3 Å². The van der Waals surface area contributed by atoms with E-state index in [9.17, 15) is 27.6 Å². The van der Waals surface area contributed by atoms with E-state index in [0.29, 0.717) is 6.07 Å². The molecule has 0 aliphatic carbocycles. The molecule has 0 aliphatic rings. The summed E-state index contributed by atoms with van der Waals surface area (Å²) in [7, 11) is 1.33. The molecule has 0 unspecified atom stereocenters. The highest BCUT2D eigenvalue weighted by Gasteiger charge is 2.18. The number of carbonyl (C=O) groups excluding carboxylic acids is 3. The van der Waals surface area contributed by atoms with Crippen molar-refractivity contribution in [1.82, 2.24) is 5.32 Å². The Morgan fingerprint density at radius 3 is 2.45 bits per heavy atom. The number of hydrogen-bond donors (Lipinski definition) is 2. The number of halogens is 4. The van der Waals surface area contributed by atoms with Crippen LogP contribution in [0.3, 0.4) is 0 Å². The van der Waals surface area contributed by atoms with Gasteiger partial charge >= 0.3 is 5.97 Å². The van der Waals surface area contributed by atoms with Crippen LogP contribution in [0.2, 0.25) is 5.02 Å². The molecule has 0 bridgehead atoms. The standard InChI is InChI=1S/C18H14ClF3N2O5/c1-28-13-5-2-9(19)6-10(13)18(27)29-8-15(26)23-7-14(25)24-12-4-3-11(20)16(21)17(12)22/h2-6H,7-8H2,1H3,(H,23,26)(H,24,25). The van der Waals surface area contributed by atoms with Crippen LogP contribution < -0.4 is 15.4 Å². The summed E-state index contributed by atoms with van der Waals surface area (Å²) in [5.74, 6) is -7.16. The van der Waals surface area contributed by atoms with Crippen molar-refractivity contribution in [1.29, 1.82) is 0 Å². The summed E-state index contributed by atoms with van der Waals surface area (Å²) in [5, 5.41) is 4.34. The molecule has 0 atom stereocenters. The van der Waals surface area contributed by atoms with Gasteiger partial charge in [-0.05, 0) is 30.3 Å². The molecule has 2 rings (SSSR count). The highest BCUT2D eigenvalue weighted by atomic mass is 35.5. The van der Waals surface area contributed by atoms with Crippen molar-refractivity contribution in [3.05, 3.63) is 58.4 Å². The van der Waals surface area contributed by atoms with Gasteiger partial charge in [0.1, 0.15) is 11.3 Å². The van der Waals surface area contributed by atoms with E-state index in [4.69, 9.17) is 21.1 Å². The normalized spacial score (nSPS) is 10.2. The predicted octanol–water partition coefficient (Wildman–Crippen LogP) is 2.68. The first kappa shape index (κ1) is 22.0. The number of hydrogen-bond acceptors (Lipinski definition) is 5. The fraction of sp³-hybridized carbons (Fsp3) is 0.167. The van der Waals surface area contributed by atoms with Gasteiger partial charge in [-0.1, -0.05) is 11.6 Å². The zero-order chi connectivity index (χ0) is 21.6. The lowest BCUT2D eigenvalue weighted by Crippen LogP contribution is -2.35. The van der Waals surface area contributed by atoms with Gasteiger partial charge in [-0.25, -0.2) is 18.0 Å². The zero-order valence-corrected chi connectivity index (χ0v) is 15.6. The molecule has 0 aromatic heterocycles. The molecule has 2 amide bonds. The molecule has 2 aromatic rings. The van der Waals surface area contributed by atoms with E-state index in [1.165, 1.54) is 25.3 Å². The number of nitrogens with one attached hydrogen (secondary N) is 2. The Morgan fingerprint density at radius 2 is 1.76 bits per heavy atom. The number of rotatable bonds is 7.